The van der Waals surface area contributed by atoms with E-state index in [4.69, 9.17) is 13.9 Å². The molecule has 1 aromatic heterocycles. The molecule has 0 saturated carbocycles. The van der Waals surface area contributed by atoms with Crippen molar-refractivity contribution in [3.8, 4) is 11.5 Å². The lowest BCUT2D eigenvalue weighted by atomic mass is 10.2. The van der Waals surface area contributed by atoms with E-state index in [1.807, 2.05) is 0 Å². The van der Waals surface area contributed by atoms with E-state index in [2.05, 4.69) is 10.3 Å². The summed E-state index contributed by atoms with van der Waals surface area (Å²) in [5.41, 5.74) is 1.38. The summed E-state index contributed by atoms with van der Waals surface area (Å²) in [6.07, 6.45) is 1.17. The van der Waals surface area contributed by atoms with Crippen LogP contribution in [0, 0.1) is 5.82 Å². The Morgan fingerprint density at radius 1 is 1.10 bits per heavy atom. The molecule has 150 valence electrons. The lowest BCUT2D eigenvalue weighted by Crippen LogP contribution is -2.19. The molecule has 3 rings (SSSR count). The maximum Gasteiger partial charge on any atom is 0.347 e. The third kappa shape index (κ3) is 4.60. The van der Waals surface area contributed by atoms with Gasteiger partial charge in [-0.2, -0.15) is 0 Å². The SMILES string of the molecule is CCOC(=O)C(=CNc1ccc(F)c(-c2nc3ccccc3o2)c1)C(=O)OCC. The van der Waals surface area contributed by atoms with Crippen molar-refractivity contribution in [2.75, 3.05) is 18.5 Å². The minimum absolute atomic E-state index is 0.105. The molecular weight excluding hydrogens is 379 g/mol. The van der Waals surface area contributed by atoms with Gasteiger partial charge in [0.2, 0.25) is 5.89 Å². The third-order valence-electron chi connectivity index (χ3n) is 3.86. The molecule has 3 aromatic rings. The van der Waals surface area contributed by atoms with Crippen LogP contribution in [0.1, 0.15) is 13.8 Å². The average Bonchev–Trinajstić information content (AvgIpc) is 3.13. The molecule has 0 saturated heterocycles. The molecule has 0 atom stereocenters. The first-order valence-corrected chi connectivity index (χ1v) is 9.00. The van der Waals surface area contributed by atoms with Crippen molar-refractivity contribution >= 4 is 28.7 Å². The third-order valence-corrected chi connectivity index (χ3v) is 3.86. The van der Waals surface area contributed by atoms with Gasteiger partial charge in [0.05, 0.1) is 18.8 Å². The first-order valence-electron chi connectivity index (χ1n) is 9.00. The van der Waals surface area contributed by atoms with Gasteiger partial charge in [-0.25, -0.2) is 19.0 Å². The van der Waals surface area contributed by atoms with Gasteiger partial charge in [-0.05, 0) is 44.2 Å². The Hall–Kier alpha value is -3.68. The number of aromatic nitrogens is 1. The number of esters is 2. The first kappa shape index (κ1) is 20.1. The van der Waals surface area contributed by atoms with Crippen molar-refractivity contribution in [2.24, 2.45) is 0 Å². The molecule has 8 heteroatoms. The lowest BCUT2D eigenvalue weighted by Gasteiger charge is -2.08. The zero-order chi connectivity index (χ0) is 20.8. The van der Waals surface area contributed by atoms with E-state index in [9.17, 15) is 14.0 Å². The first-order chi connectivity index (χ1) is 14.0. The second kappa shape index (κ2) is 9.01. The van der Waals surface area contributed by atoms with Gasteiger partial charge in [-0.1, -0.05) is 12.1 Å². The van der Waals surface area contributed by atoms with E-state index in [0.717, 1.165) is 0 Å². The predicted molar refractivity (Wildman–Crippen MR) is 104 cm³/mol. The minimum Gasteiger partial charge on any atom is -0.462 e. The van der Waals surface area contributed by atoms with Gasteiger partial charge >= 0.3 is 11.9 Å². The van der Waals surface area contributed by atoms with Crippen LogP contribution in [0.2, 0.25) is 0 Å². The number of benzene rings is 2. The van der Waals surface area contributed by atoms with Gasteiger partial charge in [0.25, 0.3) is 0 Å². The van der Waals surface area contributed by atoms with Crippen LogP contribution in [0.15, 0.2) is 58.7 Å². The Morgan fingerprint density at radius 2 is 1.79 bits per heavy atom. The highest BCUT2D eigenvalue weighted by molar-refractivity contribution is 6.14. The molecule has 29 heavy (non-hydrogen) atoms. The van der Waals surface area contributed by atoms with Crippen LogP contribution in [0.5, 0.6) is 0 Å². The van der Waals surface area contributed by atoms with Crippen LogP contribution in [-0.4, -0.2) is 30.1 Å². The number of fused-ring (bicyclic) bond motifs is 1. The molecule has 0 amide bonds. The van der Waals surface area contributed by atoms with Gasteiger partial charge < -0.3 is 19.2 Å². The Bertz CT molecular complexity index is 1020. The highest BCUT2D eigenvalue weighted by Gasteiger charge is 2.21. The van der Waals surface area contributed by atoms with Crippen LogP contribution < -0.4 is 5.32 Å². The largest absolute Gasteiger partial charge is 0.462 e. The van der Waals surface area contributed by atoms with Crippen LogP contribution in [0.3, 0.4) is 0 Å². The van der Waals surface area contributed by atoms with Crippen molar-refractivity contribution < 1.29 is 27.9 Å². The summed E-state index contributed by atoms with van der Waals surface area (Å²) in [5, 5.41) is 2.79. The number of para-hydroxylation sites is 2. The summed E-state index contributed by atoms with van der Waals surface area (Å²) >= 11 is 0. The number of carbonyl (C=O) groups is 2. The molecule has 0 fully saturated rings. The fourth-order valence-electron chi connectivity index (χ4n) is 2.54. The summed E-state index contributed by atoms with van der Waals surface area (Å²) in [4.78, 5) is 28.3. The van der Waals surface area contributed by atoms with E-state index < -0.39 is 17.8 Å². The van der Waals surface area contributed by atoms with Crippen molar-refractivity contribution in [1.82, 2.24) is 4.98 Å². The molecule has 0 aliphatic heterocycles. The monoisotopic (exact) mass is 398 g/mol. The van der Waals surface area contributed by atoms with Crippen molar-refractivity contribution in [3.63, 3.8) is 0 Å². The molecule has 0 bridgehead atoms. The number of halogens is 1. The van der Waals surface area contributed by atoms with Gasteiger partial charge in [-0.3, -0.25) is 0 Å². The minimum atomic E-state index is -0.820. The number of rotatable bonds is 7. The van der Waals surface area contributed by atoms with E-state index in [1.54, 1.807) is 38.1 Å². The Balaban J connectivity index is 1.90. The second-order valence-corrected chi connectivity index (χ2v) is 5.82. The summed E-state index contributed by atoms with van der Waals surface area (Å²) in [6, 6.07) is 11.2. The molecule has 0 spiro atoms. The standard InChI is InChI=1S/C21H19FN2O5/c1-3-27-20(25)15(21(26)28-4-2)12-23-13-9-10-16(22)14(11-13)19-24-17-7-5-6-8-18(17)29-19/h5-12,23H,3-4H2,1-2H3. The second-order valence-electron chi connectivity index (χ2n) is 5.82. The molecule has 2 aromatic carbocycles. The smallest absolute Gasteiger partial charge is 0.347 e. The van der Waals surface area contributed by atoms with E-state index in [-0.39, 0.29) is 30.2 Å². The van der Waals surface area contributed by atoms with Gasteiger partial charge in [-0.15, -0.1) is 0 Å². The predicted octanol–water partition coefficient (Wildman–Crippen LogP) is 4.06. The van der Waals surface area contributed by atoms with E-state index in [0.29, 0.717) is 16.8 Å². The van der Waals surface area contributed by atoms with Crippen LogP contribution in [0.25, 0.3) is 22.6 Å². The van der Waals surface area contributed by atoms with Gasteiger partial charge in [0.15, 0.2) is 11.2 Å². The summed E-state index contributed by atoms with van der Waals surface area (Å²) in [6.45, 7) is 3.46. The summed E-state index contributed by atoms with van der Waals surface area (Å²) < 4.78 is 29.7. The highest BCUT2D eigenvalue weighted by atomic mass is 19.1. The fourth-order valence-corrected chi connectivity index (χ4v) is 2.54. The quantitative estimate of drug-likeness (QED) is 0.278. The molecule has 1 N–H and O–H groups in total. The van der Waals surface area contributed by atoms with Crippen LogP contribution >= 0.6 is 0 Å². The molecule has 1 heterocycles. The Kier molecular flexibility index (Phi) is 6.23. The average molecular weight is 398 g/mol. The number of ether oxygens (including phenoxy) is 2. The fraction of sp³-hybridized carbons (Fsp3) is 0.190. The topological polar surface area (TPSA) is 90.7 Å². The van der Waals surface area contributed by atoms with Crippen LogP contribution in [-0.2, 0) is 19.1 Å². The molecular formula is C21H19FN2O5. The molecule has 0 aliphatic rings. The Morgan fingerprint density at radius 3 is 2.45 bits per heavy atom. The van der Waals surface area contributed by atoms with Crippen molar-refractivity contribution in [3.05, 3.63) is 60.1 Å². The van der Waals surface area contributed by atoms with E-state index in [1.165, 1.54) is 24.4 Å². The maximum absolute atomic E-state index is 14.3. The molecule has 0 radical (unpaired) electrons. The zero-order valence-corrected chi connectivity index (χ0v) is 15.9. The van der Waals surface area contributed by atoms with Gasteiger partial charge in [0, 0.05) is 11.9 Å². The van der Waals surface area contributed by atoms with E-state index >= 15 is 0 Å². The Labute approximate surface area is 166 Å². The molecule has 7 nitrogen and oxygen atoms in total. The molecule has 0 aliphatic carbocycles. The summed E-state index contributed by atoms with van der Waals surface area (Å²) in [5.74, 6) is -2.05. The number of anilines is 1. The highest BCUT2D eigenvalue weighted by Crippen LogP contribution is 2.28. The van der Waals surface area contributed by atoms with Crippen molar-refractivity contribution in [1.29, 1.82) is 0 Å². The van der Waals surface area contributed by atoms with Crippen LogP contribution in [0.4, 0.5) is 10.1 Å². The number of nitrogens with zero attached hydrogens (tertiary/aromatic N) is 1. The molecule has 0 unspecified atom stereocenters. The van der Waals surface area contributed by atoms with Gasteiger partial charge in [0.1, 0.15) is 11.3 Å². The van der Waals surface area contributed by atoms with Crippen molar-refractivity contribution in [2.45, 2.75) is 13.8 Å². The number of hydrogen-bond acceptors (Lipinski definition) is 7. The maximum atomic E-state index is 14.3. The summed E-state index contributed by atoms with van der Waals surface area (Å²) in [7, 11) is 0. The lowest BCUT2D eigenvalue weighted by molar-refractivity contribution is -0.146. The number of oxazole rings is 1. The zero-order valence-electron chi connectivity index (χ0n) is 15.9. The number of hydrogen-bond donors (Lipinski definition) is 1. The number of carbonyl (C=O) groups excluding carboxylic acids is 2. The normalized spacial score (nSPS) is 10.4. The number of nitrogens with one attached hydrogen (secondary N) is 1.